The number of hydrogen-bond donors (Lipinski definition) is 1. The van der Waals surface area contributed by atoms with Crippen LogP contribution >= 0.6 is 0 Å². The molecule has 0 unspecified atom stereocenters. The molecule has 0 bridgehead atoms. The molecule has 2 N–H and O–H groups in total. The summed E-state index contributed by atoms with van der Waals surface area (Å²) in [6.45, 7) is 0.879. The van der Waals surface area contributed by atoms with Gasteiger partial charge in [0.15, 0.2) is 0 Å². The molecule has 0 spiro atoms. The van der Waals surface area contributed by atoms with Gasteiger partial charge in [-0.05, 0) is 24.8 Å². The van der Waals surface area contributed by atoms with E-state index in [0.29, 0.717) is 13.0 Å². The first-order valence-electron chi connectivity index (χ1n) is 7.78. The van der Waals surface area contributed by atoms with Crippen molar-refractivity contribution in [1.29, 1.82) is 0 Å². The Morgan fingerprint density at radius 3 is 2.26 bits per heavy atom. The van der Waals surface area contributed by atoms with Crippen LogP contribution in [0.4, 0.5) is 0 Å². The molecule has 8 heteroatoms. The zero-order valence-corrected chi connectivity index (χ0v) is 14.7. The van der Waals surface area contributed by atoms with Gasteiger partial charge in [-0.25, -0.2) is 21.1 Å². The highest BCUT2D eigenvalue weighted by molar-refractivity contribution is 7.92. The summed E-state index contributed by atoms with van der Waals surface area (Å²) in [4.78, 5) is 0. The van der Waals surface area contributed by atoms with Gasteiger partial charge >= 0.3 is 0 Å². The molecule has 0 aromatic heterocycles. The number of nitrogens with zero attached hydrogens (tertiary/aromatic N) is 1. The van der Waals surface area contributed by atoms with Crippen molar-refractivity contribution in [2.75, 3.05) is 31.1 Å². The first-order chi connectivity index (χ1) is 10.8. The number of sulfone groups is 1. The van der Waals surface area contributed by atoms with E-state index in [4.69, 9.17) is 5.73 Å². The Labute approximate surface area is 138 Å². The van der Waals surface area contributed by atoms with Crippen LogP contribution in [0.25, 0.3) is 0 Å². The summed E-state index contributed by atoms with van der Waals surface area (Å²) in [5, 5.41) is -0.617. The van der Waals surface area contributed by atoms with Gasteiger partial charge in [-0.2, -0.15) is 0 Å². The second kappa shape index (κ2) is 7.74. The summed E-state index contributed by atoms with van der Waals surface area (Å²) in [6, 6.07) is 9.67. The van der Waals surface area contributed by atoms with Gasteiger partial charge in [0.05, 0.1) is 16.8 Å². The first-order valence-corrected chi connectivity index (χ1v) is 11.1. The van der Waals surface area contributed by atoms with E-state index in [1.54, 1.807) is 0 Å². The molecule has 1 fully saturated rings. The maximum atomic E-state index is 12.8. The van der Waals surface area contributed by atoms with Crippen LogP contribution in [0.1, 0.15) is 18.4 Å². The second-order valence-corrected chi connectivity index (χ2v) is 10.3. The van der Waals surface area contributed by atoms with Crippen molar-refractivity contribution in [1.82, 2.24) is 4.31 Å². The highest BCUT2D eigenvalue weighted by atomic mass is 32.2. The van der Waals surface area contributed by atoms with Gasteiger partial charge in [-0.1, -0.05) is 30.3 Å². The Morgan fingerprint density at radius 2 is 1.70 bits per heavy atom. The quantitative estimate of drug-likeness (QED) is 0.759. The second-order valence-electron chi connectivity index (χ2n) is 5.82. The lowest BCUT2D eigenvalue weighted by Crippen LogP contribution is -2.45. The lowest BCUT2D eigenvalue weighted by Gasteiger charge is -2.29. The predicted octanol–water partition coefficient (Wildman–Crippen LogP) is 0.397. The number of nitrogens with two attached hydrogens (primary N) is 1. The smallest absolute Gasteiger partial charge is 0.217 e. The molecule has 0 saturated carbocycles. The Hall–Kier alpha value is -0.960. The van der Waals surface area contributed by atoms with Crippen LogP contribution in [-0.2, 0) is 26.3 Å². The number of rotatable bonds is 7. The zero-order valence-electron chi connectivity index (χ0n) is 13.1. The summed E-state index contributed by atoms with van der Waals surface area (Å²) in [5.74, 6) is -0.0991. The Morgan fingerprint density at radius 1 is 1.09 bits per heavy atom. The van der Waals surface area contributed by atoms with E-state index in [9.17, 15) is 16.8 Å². The minimum absolute atomic E-state index is 0.0496. The Bertz CT molecular complexity index is 688. The molecule has 1 aromatic rings. The van der Waals surface area contributed by atoms with Gasteiger partial charge in [0.2, 0.25) is 10.0 Å². The summed E-state index contributed by atoms with van der Waals surface area (Å²) in [7, 11) is -6.59. The van der Waals surface area contributed by atoms with Crippen LogP contribution in [0.3, 0.4) is 0 Å². The predicted molar refractivity (Wildman–Crippen MR) is 91.4 cm³/mol. The molecule has 0 atom stereocenters. The SMILES string of the molecule is NCCN(CCc1ccccc1)S(=O)(=O)C1CCS(=O)(=O)CC1. The maximum Gasteiger partial charge on any atom is 0.217 e. The molecule has 1 aliphatic heterocycles. The van der Waals surface area contributed by atoms with Crippen LogP contribution in [0.15, 0.2) is 30.3 Å². The van der Waals surface area contributed by atoms with E-state index in [0.717, 1.165) is 5.56 Å². The Kier molecular flexibility index (Phi) is 6.19. The van der Waals surface area contributed by atoms with Crippen LogP contribution < -0.4 is 5.73 Å². The van der Waals surface area contributed by atoms with Gasteiger partial charge in [0, 0.05) is 19.6 Å². The van der Waals surface area contributed by atoms with E-state index < -0.39 is 25.1 Å². The molecule has 1 aliphatic rings. The fourth-order valence-electron chi connectivity index (χ4n) is 2.79. The summed E-state index contributed by atoms with van der Waals surface area (Å²) < 4.78 is 50.0. The summed E-state index contributed by atoms with van der Waals surface area (Å²) in [6.07, 6.45) is 0.971. The monoisotopic (exact) mass is 360 g/mol. The lowest BCUT2D eigenvalue weighted by atomic mass is 10.1. The van der Waals surface area contributed by atoms with Crippen molar-refractivity contribution in [3.63, 3.8) is 0 Å². The Balaban J connectivity index is 2.06. The minimum Gasteiger partial charge on any atom is -0.329 e. The van der Waals surface area contributed by atoms with Gasteiger partial charge in [0.25, 0.3) is 0 Å². The van der Waals surface area contributed by atoms with Crippen molar-refractivity contribution < 1.29 is 16.8 Å². The molecule has 2 rings (SSSR count). The molecule has 23 heavy (non-hydrogen) atoms. The van der Waals surface area contributed by atoms with Crippen LogP contribution in [-0.4, -0.2) is 57.5 Å². The van der Waals surface area contributed by atoms with E-state index in [1.807, 2.05) is 30.3 Å². The van der Waals surface area contributed by atoms with Crippen LogP contribution in [0.5, 0.6) is 0 Å². The molecule has 0 radical (unpaired) electrons. The van der Waals surface area contributed by atoms with Crippen LogP contribution in [0, 0.1) is 0 Å². The third-order valence-corrected chi connectivity index (χ3v) is 8.27. The lowest BCUT2D eigenvalue weighted by molar-refractivity contribution is 0.409. The fourth-order valence-corrected chi connectivity index (χ4v) is 6.53. The molecular formula is C15H24N2O4S2. The maximum absolute atomic E-state index is 12.8. The van der Waals surface area contributed by atoms with Gasteiger partial charge in [0.1, 0.15) is 9.84 Å². The molecular weight excluding hydrogens is 336 g/mol. The van der Waals surface area contributed by atoms with E-state index in [2.05, 4.69) is 0 Å². The largest absolute Gasteiger partial charge is 0.329 e. The fraction of sp³-hybridized carbons (Fsp3) is 0.600. The molecule has 1 heterocycles. The average molecular weight is 361 g/mol. The summed E-state index contributed by atoms with van der Waals surface area (Å²) in [5.41, 5.74) is 6.63. The van der Waals surface area contributed by atoms with Crippen molar-refractivity contribution in [3.05, 3.63) is 35.9 Å². The molecule has 0 aliphatic carbocycles. The minimum atomic E-state index is -3.52. The van der Waals surface area contributed by atoms with Gasteiger partial charge < -0.3 is 5.73 Å². The molecule has 6 nitrogen and oxygen atoms in total. The standard InChI is InChI=1S/C15H24N2O4S2/c16-9-11-17(10-6-14-4-2-1-3-5-14)23(20,21)15-7-12-22(18,19)13-8-15/h1-5,15H,6-13,16H2. The third-order valence-electron chi connectivity index (χ3n) is 4.15. The summed E-state index contributed by atoms with van der Waals surface area (Å²) >= 11 is 0. The first kappa shape index (κ1) is 18.4. The van der Waals surface area contributed by atoms with Gasteiger partial charge in [-0.3, -0.25) is 0 Å². The van der Waals surface area contributed by atoms with Gasteiger partial charge in [-0.15, -0.1) is 0 Å². The molecule has 1 aromatic carbocycles. The van der Waals surface area contributed by atoms with E-state index >= 15 is 0 Å². The van der Waals surface area contributed by atoms with Crippen LogP contribution in [0.2, 0.25) is 0 Å². The zero-order chi connectivity index (χ0) is 16.9. The highest BCUT2D eigenvalue weighted by Crippen LogP contribution is 2.22. The molecule has 1 saturated heterocycles. The average Bonchev–Trinajstić information content (AvgIpc) is 2.52. The highest BCUT2D eigenvalue weighted by Gasteiger charge is 2.36. The van der Waals surface area contributed by atoms with E-state index in [1.165, 1.54) is 4.31 Å². The number of sulfonamides is 1. The molecule has 130 valence electrons. The van der Waals surface area contributed by atoms with Crippen molar-refractivity contribution in [2.45, 2.75) is 24.5 Å². The number of hydrogen-bond acceptors (Lipinski definition) is 5. The number of benzene rings is 1. The van der Waals surface area contributed by atoms with E-state index in [-0.39, 0.29) is 37.4 Å². The third kappa shape index (κ3) is 5.00. The molecule has 0 amide bonds. The van der Waals surface area contributed by atoms with Crippen molar-refractivity contribution in [2.24, 2.45) is 5.73 Å². The normalized spacial score (nSPS) is 19.0. The van der Waals surface area contributed by atoms with Crippen molar-refractivity contribution in [3.8, 4) is 0 Å². The topological polar surface area (TPSA) is 97.5 Å². The van der Waals surface area contributed by atoms with Crippen molar-refractivity contribution >= 4 is 19.9 Å².